The normalized spacial score (nSPS) is 16.5. The summed E-state index contributed by atoms with van der Waals surface area (Å²) in [6.07, 6.45) is 1.65. The molecule has 27 heavy (non-hydrogen) atoms. The number of hydrogen-bond donors (Lipinski definition) is 0. The largest absolute Gasteiger partial charge is 0.364 e. The lowest BCUT2D eigenvalue weighted by Crippen LogP contribution is -2.33. The maximum atomic E-state index is 12.8. The summed E-state index contributed by atoms with van der Waals surface area (Å²) in [6, 6.07) is 18.4. The number of Topliss-reactive ketones (excluding diaryl/α,β-unsaturated/α-hetero) is 1. The maximum absolute atomic E-state index is 12.8. The van der Waals surface area contributed by atoms with Crippen molar-refractivity contribution in [3.63, 3.8) is 0 Å². The van der Waals surface area contributed by atoms with Gasteiger partial charge in [0.1, 0.15) is 17.9 Å². The Kier molecular flexibility index (Phi) is 4.38. The van der Waals surface area contributed by atoms with E-state index in [4.69, 9.17) is 4.52 Å². The molecule has 0 saturated carbocycles. The molecule has 1 atom stereocenters. The van der Waals surface area contributed by atoms with Crippen molar-refractivity contribution < 1.29 is 14.1 Å². The zero-order valence-electron chi connectivity index (χ0n) is 14.7. The van der Waals surface area contributed by atoms with Crippen LogP contribution in [0.25, 0.3) is 11.3 Å². The lowest BCUT2D eigenvalue weighted by Gasteiger charge is -2.14. The molecule has 1 aromatic heterocycles. The van der Waals surface area contributed by atoms with Crippen LogP contribution in [0.15, 0.2) is 76.6 Å². The molecule has 1 aliphatic rings. The summed E-state index contributed by atoms with van der Waals surface area (Å²) in [7, 11) is 0. The smallest absolute Gasteiger partial charge is 0.263 e. The van der Waals surface area contributed by atoms with Gasteiger partial charge in [0, 0.05) is 18.1 Å². The molecule has 3 aromatic rings. The number of benzene rings is 2. The molecule has 0 N–H and O–H groups in total. The second-order valence-corrected chi connectivity index (χ2v) is 6.39. The van der Waals surface area contributed by atoms with Crippen molar-refractivity contribution in [2.24, 2.45) is 11.0 Å². The quantitative estimate of drug-likeness (QED) is 0.654. The summed E-state index contributed by atoms with van der Waals surface area (Å²) in [4.78, 5) is 25.6. The molecule has 1 aliphatic heterocycles. The van der Waals surface area contributed by atoms with Crippen LogP contribution < -0.4 is 5.01 Å². The van der Waals surface area contributed by atoms with Gasteiger partial charge in [0.2, 0.25) is 0 Å². The average Bonchev–Trinajstić information content (AvgIpc) is 3.31. The highest BCUT2D eigenvalue weighted by atomic mass is 16.5. The molecule has 0 aliphatic carbocycles. The first kappa shape index (κ1) is 16.9. The number of hydrazone groups is 1. The molecule has 0 spiro atoms. The molecule has 0 fully saturated rings. The number of amides is 1. The Bertz CT molecular complexity index is 1010. The molecular formula is C21H17N3O3. The van der Waals surface area contributed by atoms with Crippen molar-refractivity contribution in [1.82, 2.24) is 5.16 Å². The van der Waals surface area contributed by atoms with E-state index >= 15 is 0 Å². The molecule has 6 heteroatoms. The van der Waals surface area contributed by atoms with E-state index in [2.05, 4.69) is 10.3 Å². The van der Waals surface area contributed by atoms with Crippen LogP contribution in [-0.4, -0.2) is 22.6 Å². The summed E-state index contributed by atoms with van der Waals surface area (Å²) in [5.41, 5.74) is 3.56. The molecule has 2 aromatic carbocycles. The van der Waals surface area contributed by atoms with Crippen LogP contribution in [0.3, 0.4) is 0 Å². The van der Waals surface area contributed by atoms with Gasteiger partial charge in [-0.25, -0.2) is 0 Å². The zero-order valence-corrected chi connectivity index (χ0v) is 14.7. The molecule has 4 rings (SSSR count). The fourth-order valence-corrected chi connectivity index (χ4v) is 3.20. The highest BCUT2D eigenvalue weighted by Gasteiger charge is 2.39. The number of anilines is 1. The van der Waals surface area contributed by atoms with Gasteiger partial charge in [-0.2, -0.15) is 10.1 Å². The third-order valence-corrected chi connectivity index (χ3v) is 4.49. The molecule has 134 valence electrons. The standard InChI is InChI=1S/C21H17N3O3/c1-14-20(21(26)24(22-14)17-8-3-2-4-9-17)19(25)13-15-6-5-7-16(12-15)18-10-11-27-23-18/h2-12,20H,13H2,1H3. The van der Waals surface area contributed by atoms with Gasteiger partial charge in [0.25, 0.3) is 5.91 Å². The third-order valence-electron chi connectivity index (χ3n) is 4.49. The number of ketones is 1. The fraction of sp³-hybridized carbons (Fsp3) is 0.143. The number of carbonyl (C=O) groups excluding carboxylic acids is 2. The van der Waals surface area contributed by atoms with Gasteiger partial charge in [-0.3, -0.25) is 9.59 Å². The molecular weight excluding hydrogens is 342 g/mol. The van der Waals surface area contributed by atoms with E-state index in [0.717, 1.165) is 11.1 Å². The summed E-state index contributed by atoms with van der Waals surface area (Å²) >= 11 is 0. The van der Waals surface area contributed by atoms with Crippen molar-refractivity contribution in [2.75, 3.05) is 5.01 Å². The van der Waals surface area contributed by atoms with Crippen molar-refractivity contribution >= 4 is 23.1 Å². The van der Waals surface area contributed by atoms with Gasteiger partial charge in [-0.05, 0) is 30.7 Å². The number of rotatable bonds is 5. The Balaban J connectivity index is 1.53. The number of nitrogens with zero attached hydrogens (tertiary/aromatic N) is 3. The van der Waals surface area contributed by atoms with Crippen LogP contribution in [0, 0.1) is 5.92 Å². The second kappa shape index (κ2) is 6.99. The third kappa shape index (κ3) is 3.29. The minimum atomic E-state index is -0.846. The lowest BCUT2D eigenvalue weighted by molar-refractivity contribution is -0.128. The monoisotopic (exact) mass is 359 g/mol. The van der Waals surface area contributed by atoms with Gasteiger partial charge in [-0.15, -0.1) is 0 Å². The first-order chi connectivity index (χ1) is 13.1. The molecule has 1 amide bonds. The zero-order chi connectivity index (χ0) is 18.8. The van der Waals surface area contributed by atoms with Crippen molar-refractivity contribution in [1.29, 1.82) is 0 Å². The first-order valence-corrected chi connectivity index (χ1v) is 8.60. The van der Waals surface area contributed by atoms with E-state index in [0.29, 0.717) is 17.1 Å². The topological polar surface area (TPSA) is 75.8 Å². The summed E-state index contributed by atoms with van der Waals surface area (Å²) < 4.78 is 4.87. The Labute approximate surface area is 156 Å². The Morgan fingerprint density at radius 2 is 1.93 bits per heavy atom. The summed E-state index contributed by atoms with van der Waals surface area (Å²) in [5.74, 6) is -1.32. The molecule has 0 radical (unpaired) electrons. The van der Waals surface area contributed by atoms with Gasteiger partial charge >= 0.3 is 0 Å². The molecule has 2 heterocycles. The van der Waals surface area contributed by atoms with Gasteiger partial charge in [0.05, 0.1) is 11.4 Å². The summed E-state index contributed by atoms with van der Waals surface area (Å²) in [5, 5.41) is 9.52. The average molecular weight is 359 g/mol. The van der Waals surface area contributed by atoms with Crippen LogP contribution in [0.2, 0.25) is 0 Å². The van der Waals surface area contributed by atoms with Gasteiger partial charge in [-0.1, -0.05) is 41.6 Å². The highest BCUT2D eigenvalue weighted by Crippen LogP contribution is 2.26. The van der Waals surface area contributed by atoms with E-state index < -0.39 is 5.92 Å². The Morgan fingerprint density at radius 3 is 2.67 bits per heavy atom. The van der Waals surface area contributed by atoms with Crippen LogP contribution in [0.1, 0.15) is 12.5 Å². The first-order valence-electron chi connectivity index (χ1n) is 8.60. The number of para-hydroxylation sites is 1. The highest BCUT2D eigenvalue weighted by molar-refractivity contribution is 6.27. The minimum absolute atomic E-state index is 0.150. The minimum Gasteiger partial charge on any atom is -0.364 e. The van der Waals surface area contributed by atoms with E-state index in [-0.39, 0.29) is 18.1 Å². The molecule has 1 unspecified atom stereocenters. The molecule has 0 saturated heterocycles. The number of hydrogen-bond acceptors (Lipinski definition) is 5. The Morgan fingerprint density at radius 1 is 1.11 bits per heavy atom. The predicted molar refractivity (Wildman–Crippen MR) is 101 cm³/mol. The van der Waals surface area contributed by atoms with Gasteiger partial charge < -0.3 is 4.52 Å². The lowest BCUT2D eigenvalue weighted by atomic mass is 9.93. The molecule has 0 bridgehead atoms. The van der Waals surface area contributed by atoms with Crippen LogP contribution in [0.4, 0.5) is 5.69 Å². The number of carbonyl (C=O) groups is 2. The molecule has 6 nitrogen and oxygen atoms in total. The van der Waals surface area contributed by atoms with E-state index in [1.54, 1.807) is 25.1 Å². The van der Waals surface area contributed by atoms with Crippen molar-refractivity contribution in [2.45, 2.75) is 13.3 Å². The fourth-order valence-electron chi connectivity index (χ4n) is 3.20. The number of aromatic nitrogens is 1. The van der Waals surface area contributed by atoms with Crippen molar-refractivity contribution in [3.05, 3.63) is 72.5 Å². The van der Waals surface area contributed by atoms with Crippen LogP contribution >= 0.6 is 0 Å². The van der Waals surface area contributed by atoms with Crippen molar-refractivity contribution in [3.8, 4) is 11.3 Å². The van der Waals surface area contributed by atoms with Crippen LogP contribution in [-0.2, 0) is 16.0 Å². The Hall–Kier alpha value is -3.54. The maximum Gasteiger partial charge on any atom is 0.263 e. The van der Waals surface area contributed by atoms with E-state index in [9.17, 15) is 9.59 Å². The SMILES string of the molecule is CC1=NN(c2ccccc2)C(=O)C1C(=O)Cc1cccc(-c2ccon2)c1. The van der Waals surface area contributed by atoms with E-state index in [1.165, 1.54) is 11.3 Å². The predicted octanol–water partition coefficient (Wildman–Crippen LogP) is 3.49. The summed E-state index contributed by atoms with van der Waals surface area (Å²) in [6.45, 7) is 1.72. The second-order valence-electron chi connectivity index (χ2n) is 6.39. The van der Waals surface area contributed by atoms with Gasteiger partial charge in [0.15, 0.2) is 5.78 Å². The van der Waals surface area contributed by atoms with E-state index in [1.807, 2.05) is 42.5 Å². The van der Waals surface area contributed by atoms with Crippen LogP contribution in [0.5, 0.6) is 0 Å².